The third kappa shape index (κ3) is 4.80. The molecule has 2 saturated heterocycles. The average Bonchev–Trinajstić information content (AvgIpc) is 3.22. The van der Waals surface area contributed by atoms with Crippen LogP contribution in [0.5, 0.6) is 0 Å². The first-order chi connectivity index (χ1) is 13.3. The minimum absolute atomic E-state index is 0.0559. The quantitative estimate of drug-likeness (QED) is 0.760. The monoisotopic (exact) mass is 369 g/mol. The summed E-state index contributed by atoms with van der Waals surface area (Å²) in [4.78, 5) is 21.2. The second-order valence-corrected chi connectivity index (χ2v) is 7.30. The predicted octanol–water partition coefficient (Wildman–Crippen LogP) is 1.10. The molecule has 27 heavy (non-hydrogen) atoms. The van der Waals surface area contributed by atoms with E-state index in [9.17, 15) is 4.79 Å². The lowest BCUT2D eigenvalue weighted by Crippen LogP contribution is -2.49. The van der Waals surface area contributed by atoms with Crippen LogP contribution in [0.15, 0.2) is 41.5 Å². The molecule has 4 heterocycles. The molecular weight excluding hydrogens is 342 g/mol. The Morgan fingerprint density at radius 1 is 1.07 bits per heavy atom. The summed E-state index contributed by atoms with van der Waals surface area (Å²) >= 11 is 0. The standard InChI is InChI=1S/C20H27N5O2/c26-20-6-5-19(17-3-1-7-21-15-17)22-25(20)13-12-23-8-10-24(11-9-23)16-18-4-2-14-27-18/h1,3,5-7,15,18H,2,4,8-14,16H2. The number of hydrogen-bond donors (Lipinski definition) is 0. The molecule has 0 spiro atoms. The molecule has 2 aromatic heterocycles. The van der Waals surface area contributed by atoms with Crippen molar-refractivity contribution >= 4 is 0 Å². The topological polar surface area (TPSA) is 63.5 Å². The fourth-order valence-corrected chi connectivity index (χ4v) is 3.79. The number of rotatable bonds is 6. The van der Waals surface area contributed by atoms with Crippen molar-refractivity contribution in [1.82, 2.24) is 24.6 Å². The third-order valence-electron chi connectivity index (χ3n) is 5.40. The summed E-state index contributed by atoms with van der Waals surface area (Å²) in [6.07, 6.45) is 6.32. The fourth-order valence-electron chi connectivity index (χ4n) is 3.79. The van der Waals surface area contributed by atoms with Crippen molar-refractivity contribution in [2.75, 3.05) is 45.9 Å². The minimum atomic E-state index is -0.0559. The van der Waals surface area contributed by atoms with Gasteiger partial charge in [-0.05, 0) is 31.0 Å². The van der Waals surface area contributed by atoms with Crippen LogP contribution in [0.4, 0.5) is 0 Å². The van der Waals surface area contributed by atoms with Gasteiger partial charge in [0, 0.05) is 69.9 Å². The number of piperazine rings is 1. The zero-order valence-electron chi connectivity index (χ0n) is 15.7. The number of nitrogens with zero attached hydrogens (tertiary/aromatic N) is 5. The second kappa shape index (κ2) is 8.73. The lowest BCUT2D eigenvalue weighted by Gasteiger charge is -2.35. The summed E-state index contributed by atoms with van der Waals surface area (Å²) in [5.74, 6) is 0. The van der Waals surface area contributed by atoms with E-state index in [1.54, 1.807) is 29.2 Å². The van der Waals surface area contributed by atoms with Gasteiger partial charge in [-0.1, -0.05) is 0 Å². The molecule has 7 heteroatoms. The third-order valence-corrected chi connectivity index (χ3v) is 5.40. The van der Waals surface area contributed by atoms with E-state index in [2.05, 4.69) is 19.9 Å². The van der Waals surface area contributed by atoms with Gasteiger partial charge in [0.2, 0.25) is 0 Å². The summed E-state index contributed by atoms with van der Waals surface area (Å²) in [7, 11) is 0. The molecule has 0 aliphatic carbocycles. The van der Waals surface area contributed by atoms with Gasteiger partial charge in [0.25, 0.3) is 5.56 Å². The highest BCUT2D eigenvalue weighted by molar-refractivity contribution is 5.56. The Bertz CT molecular complexity index is 780. The smallest absolute Gasteiger partial charge is 0.266 e. The number of pyridine rings is 1. The molecule has 0 amide bonds. The highest BCUT2D eigenvalue weighted by Crippen LogP contribution is 2.15. The van der Waals surface area contributed by atoms with Crippen molar-refractivity contribution in [3.05, 3.63) is 47.0 Å². The molecule has 144 valence electrons. The van der Waals surface area contributed by atoms with E-state index in [0.29, 0.717) is 12.6 Å². The Hall–Kier alpha value is -2.09. The molecule has 1 atom stereocenters. The van der Waals surface area contributed by atoms with Crippen molar-refractivity contribution < 1.29 is 4.74 Å². The van der Waals surface area contributed by atoms with Crippen molar-refractivity contribution in [2.24, 2.45) is 0 Å². The van der Waals surface area contributed by atoms with Crippen LogP contribution in [0.25, 0.3) is 11.3 Å². The lowest BCUT2D eigenvalue weighted by molar-refractivity contribution is 0.0496. The number of aromatic nitrogens is 3. The molecular formula is C20H27N5O2. The zero-order valence-corrected chi connectivity index (χ0v) is 15.7. The van der Waals surface area contributed by atoms with Crippen molar-refractivity contribution in [1.29, 1.82) is 0 Å². The summed E-state index contributed by atoms with van der Waals surface area (Å²) in [5.41, 5.74) is 1.65. The van der Waals surface area contributed by atoms with Crippen LogP contribution in [0.3, 0.4) is 0 Å². The molecule has 0 aromatic carbocycles. The first kappa shape index (κ1) is 18.3. The molecule has 2 fully saturated rings. The first-order valence-corrected chi connectivity index (χ1v) is 9.83. The summed E-state index contributed by atoms with van der Waals surface area (Å²) < 4.78 is 7.31. The molecule has 0 bridgehead atoms. The Kier molecular flexibility index (Phi) is 5.91. The lowest BCUT2D eigenvalue weighted by atomic mass is 10.2. The Morgan fingerprint density at radius 2 is 1.93 bits per heavy atom. The van der Waals surface area contributed by atoms with Gasteiger partial charge in [0.15, 0.2) is 0 Å². The summed E-state index contributed by atoms with van der Waals surface area (Å²) in [6, 6.07) is 7.19. The van der Waals surface area contributed by atoms with E-state index in [0.717, 1.165) is 57.1 Å². The van der Waals surface area contributed by atoms with E-state index < -0.39 is 0 Å². The fraction of sp³-hybridized carbons (Fsp3) is 0.550. The van der Waals surface area contributed by atoms with Crippen molar-refractivity contribution in [2.45, 2.75) is 25.5 Å². The van der Waals surface area contributed by atoms with Gasteiger partial charge in [-0.15, -0.1) is 0 Å². The molecule has 0 N–H and O–H groups in total. The maximum absolute atomic E-state index is 12.2. The van der Waals surface area contributed by atoms with Crippen molar-refractivity contribution in [3.8, 4) is 11.3 Å². The van der Waals surface area contributed by atoms with Crippen LogP contribution in [-0.4, -0.2) is 76.5 Å². The van der Waals surface area contributed by atoms with Gasteiger partial charge in [-0.25, -0.2) is 4.68 Å². The van der Waals surface area contributed by atoms with Crippen LogP contribution in [0.2, 0.25) is 0 Å². The SMILES string of the molecule is O=c1ccc(-c2cccnc2)nn1CCN1CCN(CC2CCCO2)CC1. The van der Waals surface area contributed by atoms with Gasteiger partial charge < -0.3 is 4.74 Å². The van der Waals surface area contributed by atoms with Gasteiger partial charge in [0.05, 0.1) is 18.3 Å². The maximum atomic E-state index is 12.2. The van der Waals surface area contributed by atoms with Crippen LogP contribution in [0.1, 0.15) is 12.8 Å². The molecule has 0 saturated carbocycles. The van der Waals surface area contributed by atoms with Gasteiger partial charge in [-0.2, -0.15) is 5.10 Å². The predicted molar refractivity (Wildman–Crippen MR) is 104 cm³/mol. The molecule has 0 radical (unpaired) electrons. The zero-order chi connectivity index (χ0) is 18.5. The molecule has 2 aromatic rings. The minimum Gasteiger partial charge on any atom is -0.377 e. The Balaban J connectivity index is 1.29. The van der Waals surface area contributed by atoms with E-state index in [1.807, 2.05) is 12.1 Å². The molecule has 2 aliphatic heterocycles. The van der Waals surface area contributed by atoms with Gasteiger partial charge in [-0.3, -0.25) is 19.6 Å². The number of ether oxygens (including phenoxy) is 1. The Labute approximate surface area is 159 Å². The van der Waals surface area contributed by atoms with Gasteiger partial charge >= 0.3 is 0 Å². The van der Waals surface area contributed by atoms with Crippen molar-refractivity contribution in [3.63, 3.8) is 0 Å². The van der Waals surface area contributed by atoms with E-state index in [-0.39, 0.29) is 5.56 Å². The molecule has 1 unspecified atom stereocenters. The molecule has 2 aliphatic rings. The first-order valence-electron chi connectivity index (χ1n) is 9.83. The molecule has 4 rings (SSSR count). The van der Waals surface area contributed by atoms with E-state index in [4.69, 9.17) is 4.74 Å². The van der Waals surface area contributed by atoms with E-state index >= 15 is 0 Å². The van der Waals surface area contributed by atoms with Crippen LogP contribution >= 0.6 is 0 Å². The highest BCUT2D eigenvalue weighted by Gasteiger charge is 2.22. The van der Waals surface area contributed by atoms with Crippen LogP contribution < -0.4 is 5.56 Å². The number of hydrogen-bond acceptors (Lipinski definition) is 6. The Morgan fingerprint density at radius 3 is 2.67 bits per heavy atom. The van der Waals surface area contributed by atoms with E-state index in [1.165, 1.54) is 12.8 Å². The normalized spacial score (nSPS) is 21.6. The van der Waals surface area contributed by atoms with Crippen LogP contribution in [0, 0.1) is 0 Å². The summed E-state index contributed by atoms with van der Waals surface area (Å²) in [5, 5.41) is 4.52. The second-order valence-electron chi connectivity index (χ2n) is 7.30. The largest absolute Gasteiger partial charge is 0.377 e. The van der Waals surface area contributed by atoms with Gasteiger partial charge in [0.1, 0.15) is 0 Å². The highest BCUT2D eigenvalue weighted by atomic mass is 16.5. The maximum Gasteiger partial charge on any atom is 0.266 e. The average molecular weight is 369 g/mol. The molecule has 7 nitrogen and oxygen atoms in total. The van der Waals surface area contributed by atoms with Crippen LogP contribution in [-0.2, 0) is 11.3 Å². The summed E-state index contributed by atoms with van der Waals surface area (Å²) in [6.45, 7) is 7.63.